The Morgan fingerprint density at radius 1 is 1.03 bits per heavy atom. The van der Waals surface area contributed by atoms with Gasteiger partial charge in [0, 0.05) is 13.6 Å². The molecule has 3 aromatic carbocycles. The Morgan fingerprint density at radius 2 is 1.81 bits per heavy atom. The molecule has 36 heavy (non-hydrogen) atoms. The van der Waals surface area contributed by atoms with Crippen LogP contribution in [0.25, 0.3) is 22.4 Å². The monoisotopic (exact) mass is 499 g/mol. The van der Waals surface area contributed by atoms with Gasteiger partial charge in [-0.2, -0.15) is 0 Å². The molecule has 9 heteroatoms. The van der Waals surface area contributed by atoms with Crippen molar-refractivity contribution in [3.05, 3.63) is 94.3 Å². The quantitative estimate of drug-likeness (QED) is 0.314. The third kappa shape index (κ3) is 4.45. The van der Waals surface area contributed by atoms with Gasteiger partial charge in [0.2, 0.25) is 11.7 Å². The van der Waals surface area contributed by atoms with Crippen molar-refractivity contribution in [2.45, 2.75) is 18.6 Å². The van der Waals surface area contributed by atoms with Crippen LogP contribution in [0.2, 0.25) is 0 Å². The van der Waals surface area contributed by atoms with Gasteiger partial charge in [0.15, 0.2) is 5.16 Å². The maximum atomic E-state index is 13.4. The maximum absolute atomic E-state index is 13.4. The molecule has 0 aliphatic carbocycles. The summed E-state index contributed by atoms with van der Waals surface area (Å²) < 4.78 is 8.68. The minimum absolute atomic E-state index is 0.0456. The molecule has 0 radical (unpaired) electrons. The van der Waals surface area contributed by atoms with Gasteiger partial charge in [-0.25, -0.2) is 4.57 Å². The lowest BCUT2D eigenvalue weighted by molar-refractivity contribution is -0.127. The van der Waals surface area contributed by atoms with Crippen LogP contribution in [0.1, 0.15) is 11.1 Å². The standard InChI is InChI=1S/C27H25N5O3S/c1-18-11-13-20(14-12-18)31-25(34)22-9-4-5-10-23(22)32-26(31)28-29-27(32)36-17-24(33)30(2)16-19-7-6-8-21(15-19)35-3/h4-15H,16-17H2,1-3H3. The van der Waals surface area contributed by atoms with E-state index in [9.17, 15) is 9.59 Å². The number of hydrogen-bond acceptors (Lipinski definition) is 6. The third-order valence-corrected chi connectivity index (χ3v) is 6.91. The summed E-state index contributed by atoms with van der Waals surface area (Å²) in [6, 6.07) is 22.7. The molecular formula is C27H25N5O3S. The lowest BCUT2D eigenvalue weighted by Crippen LogP contribution is -2.28. The van der Waals surface area contributed by atoms with Crippen molar-refractivity contribution in [3.63, 3.8) is 0 Å². The first-order valence-corrected chi connectivity index (χ1v) is 12.4. The van der Waals surface area contributed by atoms with E-state index in [0.29, 0.717) is 34.1 Å². The molecule has 5 aromatic rings. The molecule has 0 N–H and O–H groups in total. The summed E-state index contributed by atoms with van der Waals surface area (Å²) in [4.78, 5) is 28.0. The number of para-hydroxylation sites is 1. The molecule has 0 aliphatic heterocycles. The number of hydrogen-bond donors (Lipinski definition) is 0. The highest BCUT2D eigenvalue weighted by molar-refractivity contribution is 7.99. The number of amides is 1. The molecule has 0 saturated heterocycles. The average molecular weight is 500 g/mol. The van der Waals surface area contributed by atoms with E-state index in [2.05, 4.69) is 10.2 Å². The minimum atomic E-state index is -0.167. The van der Waals surface area contributed by atoms with Crippen LogP contribution in [0.3, 0.4) is 0 Å². The molecular weight excluding hydrogens is 474 g/mol. The fourth-order valence-electron chi connectivity index (χ4n) is 4.07. The number of benzene rings is 3. The number of aryl methyl sites for hydroxylation is 1. The number of methoxy groups -OCH3 is 1. The number of fused-ring (bicyclic) bond motifs is 3. The molecule has 2 heterocycles. The fraction of sp³-hybridized carbons (Fsp3) is 0.185. The van der Waals surface area contributed by atoms with Crippen LogP contribution in [0.4, 0.5) is 0 Å². The number of nitrogens with zero attached hydrogens (tertiary/aromatic N) is 5. The molecule has 0 spiro atoms. The summed E-state index contributed by atoms with van der Waals surface area (Å²) in [5.41, 5.74) is 3.32. The van der Waals surface area contributed by atoms with Gasteiger partial charge >= 0.3 is 0 Å². The summed E-state index contributed by atoms with van der Waals surface area (Å²) >= 11 is 1.30. The highest BCUT2D eigenvalue weighted by atomic mass is 32.2. The maximum Gasteiger partial charge on any atom is 0.267 e. The van der Waals surface area contributed by atoms with Crippen LogP contribution in [0, 0.1) is 6.92 Å². The van der Waals surface area contributed by atoms with Crippen LogP contribution in [0.15, 0.2) is 82.7 Å². The van der Waals surface area contributed by atoms with E-state index < -0.39 is 0 Å². The van der Waals surface area contributed by atoms with E-state index in [1.165, 1.54) is 11.8 Å². The Kier molecular flexibility index (Phi) is 6.47. The van der Waals surface area contributed by atoms with Crippen molar-refractivity contribution in [1.29, 1.82) is 0 Å². The van der Waals surface area contributed by atoms with Crippen LogP contribution in [-0.4, -0.2) is 49.9 Å². The van der Waals surface area contributed by atoms with Crippen molar-refractivity contribution < 1.29 is 9.53 Å². The number of rotatable bonds is 7. The lowest BCUT2D eigenvalue weighted by atomic mass is 10.2. The number of ether oxygens (including phenoxy) is 1. The molecule has 0 unspecified atom stereocenters. The molecule has 2 aromatic heterocycles. The second-order valence-electron chi connectivity index (χ2n) is 8.50. The number of thioether (sulfide) groups is 1. The molecule has 0 aliphatic rings. The summed E-state index contributed by atoms with van der Waals surface area (Å²) in [7, 11) is 3.39. The van der Waals surface area contributed by atoms with Gasteiger partial charge in [-0.05, 0) is 48.9 Å². The second-order valence-corrected chi connectivity index (χ2v) is 9.44. The van der Waals surface area contributed by atoms with Crippen LogP contribution in [-0.2, 0) is 11.3 Å². The molecule has 0 saturated carbocycles. The number of aromatic nitrogens is 4. The predicted octanol–water partition coefficient (Wildman–Crippen LogP) is 4.10. The van der Waals surface area contributed by atoms with Crippen molar-refractivity contribution >= 4 is 34.3 Å². The van der Waals surface area contributed by atoms with E-state index in [0.717, 1.165) is 16.9 Å². The first-order valence-electron chi connectivity index (χ1n) is 11.4. The highest BCUT2D eigenvalue weighted by Crippen LogP contribution is 2.24. The van der Waals surface area contributed by atoms with Gasteiger partial charge in [0.05, 0.1) is 29.5 Å². The average Bonchev–Trinajstić information content (AvgIpc) is 3.32. The summed E-state index contributed by atoms with van der Waals surface area (Å²) in [6.45, 7) is 2.46. The molecule has 8 nitrogen and oxygen atoms in total. The Hall–Kier alpha value is -4.11. The summed E-state index contributed by atoms with van der Waals surface area (Å²) in [5.74, 6) is 1.29. The second kappa shape index (κ2) is 9.87. The first-order chi connectivity index (χ1) is 17.5. The van der Waals surface area contributed by atoms with Crippen LogP contribution >= 0.6 is 11.8 Å². The largest absolute Gasteiger partial charge is 0.497 e. The van der Waals surface area contributed by atoms with E-state index in [1.54, 1.807) is 29.7 Å². The summed E-state index contributed by atoms with van der Waals surface area (Å²) in [6.07, 6.45) is 0. The zero-order valence-corrected chi connectivity index (χ0v) is 21.0. The van der Waals surface area contributed by atoms with Crippen molar-refractivity contribution in [2.24, 2.45) is 0 Å². The highest BCUT2D eigenvalue weighted by Gasteiger charge is 2.19. The SMILES string of the molecule is COc1cccc(CN(C)C(=O)CSc2nnc3n(-c4ccc(C)cc4)c(=O)c4ccccc4n23)c1. The third-order valence-electron chi connectivity index (χ3n) is 5.99. The molecule has 0 atom stereocenters. The Bertz CT molecular complexity index is 1620. The van der Waals surface area contributed by atoms with Crippen molar-refractivity contribution in [3.8, 4) is 11.4 Å². The molecule has 0 fully saturated rings. The van der Waals surface area contributed by atoms with E-state index >= 15 is 0 Å². The summed E-state index contributed by atoms with van der Waals surface area (Å²) in [5, 5.41) is 9.81. The fourth-order valence-corrected chi connectivity index (χ4v) is 4.95. The van der Waals surface area contributed by atoms with Crippen LogP contribution < -0.4 is 10.3 Å². The number of carbonyl (C=O) groups excluding carboxylic acids is 1. The first kappa shape index (κ1) is 23.6. The van der Waals surface area contributed by atoms with Crippen molar-refractivity contribution in [1.82, 2.24) is 24.1 Å². The molecule has 1 amide bonds. The van der Waals surface area contributed by atoms with Gasteiger partial charge in [-0.15, -0.1) is 10.2 Å². The van der Waals surface area contributed by atoms with Crippen LogP contribution in [0.5, 0.6) is 5.75 Å². The van der Waals surface area contributed by atoms with Crippen molar-refractivity contribution in [2.75, 3.05) is 19.9 Å². The van der Waals surface area contributed by atoms with Gasteiger partial charge < -0.3 is 9.64 Å². The normalized spacial score (nSPS) is 11.2. The molecule has 5 rings (SSSR count). The van der Waals surface area contributed by atoms with Gasteiger partial charge in [0.1, 0.15) is 5.75 Å². The minimum Gasteiger partial charge on any atom is -0.497 e. The van der Waals surface area contributed by atoms with E-state index in [4.69, 9.17) is 4.74 Å². The van der Waals surface area contributed by atoms with E-state index in [1.807, 2.05) is 78.1 Å². The van der Waals surface area contributed by atoms with Gasteiger partial charge in [-0.3, -0.25) is 14.0 Å². The predicted molar refractivity (Wildman–Crippen MR) is 141 cm³/mol. The lowest BCUT2D eigenvalue weighted by Gasteiger charge is -2.17. The molecule has 182 valence electrons. The zero-order valence-electron chi connectivity index (χ0n) is 20.2. The smallest absolute Gasteiger partial charge is 0.267 e. The topological polar surface area (TPSA) is 81.7 Å². The van der Waals surface area contributed by atoms with Gasteiger partial charge in [-0.1, -0.05) is 53.7 Å². The number of carbonyl (C=O) groups is 1. The van der Waals surface area contributed by atoms with Gasteiger partial charge in [0.25, 0.3) is 5.56 Å². The Morgan fingerprint density at radius 3 is 2.58 bits per heavy atom. The zero-order chi connectivity index (χ0) is 25.2. The van der Waals surface area contributed by atoms with E-state index in [-0.39, 0.29) is 17.2 Å². The Balaban J connectivity index is 1.47. The Labute approximate surface area is 212 Å². The molecule has 0 bridgehead atoms.